The second kappa shape index (κ2) is 22.4. The third-order valence-electron chi connectivity index (χ3n) is 14.2. The Balaban J connectivity index is 0.000000198. The highest BCUT2D eigenvalue weighted by atomic mass is 35.5. The van der Waals surface area contributed by atoms with Gasteiger partial charge in [-0.2, -0.15) is 10.2 Å². The van der Waals surface area contributed by atoms with Crippen molar-refractivity contribution in [1.29, 1.82) is 0 Å². The molecule has 3 aromatic carbocycles. The average molecular weight is 1140 g/mol. The van der Waals surface area contributed by atoms with Gasteiger partial charge >= 0.3 is 6.09 Å². The predicted molar refractivity (Wildman–Crippen MR) is 310 cm³/mol. The number of halogens is 4. The van der Waals surface area contributed by atoms with Gasteiger partial charge in [0.15, 0.2) is 11.3 Å². The van der Waals surface area contributed by atoms with Gasteiger partial charge in [-0.1, -0.05) is 117 Å². The first-order valence-corrected chi connectivity index (χ1v) is 34.5. The summed E-state index contributed by atoms with van der Waals surface area (Å²) in [7, 11) is 1.33. The van der Waals surface area contributed by atoms with Crippen LogP contribution in [-0.2, 0) is 48.4 Å². The van der Waals surface area contributed by atoms with E-state index in [0.29, 0.717) is 70.7 Å². The number of hydrogen-bond acceptors (Lipinski definition) is 11. The topological polar surface area (TPSA) is 157 Å². The van der Waals surface area contributed by atoms with E-state index in [-0.39, 0.29) is 12.6 Å². The fourth-order valence-corrected chi connectivity index (χ4v) is 12.5. The molecule has 22 heteroatoms. The van der Waals surface area contributed by atoms with Crippen LogP contribution in [0.2, 0.25) is 66.6 Å². The molecule has 2 saturated heterocycles. The number of nitrogens with one attached hydrogen (secondary N) is 1. The number of carbonyl (C=O) groups is 1. The average Bonchev–Trinajstić information content (AvgIpc) is 4.27. The number of anilines is 1. The first-order chi connectivity index (χ1) is 36.8. The summed E-state index contributed by atoms with van der Waals surface area (Å²) in [4.78, 5) is 33.7. The summed E-state index contributed by atoms with van der Waals surface area (Å²) in [5.74, 6) is 0.615. The summed E-state index contributed by atoms with van der Waals surface area (Å²) in [6.07, 6.45) is 11.1. The minimum atomic E-state index is -1.29. The zero-order valence-electron chi connectivity index (χ0n) is 44.6. The van der Waals surface area contributed by atoms with Crippen molar-refractivity contribution >= 4 is 107 Å². The number of alkyl halides is 1. The second-order valence-corrected chi connectivity index (χ2v) is 34.9. The van der Waals surface area contributed by atoms with Crippen LogP contribution in [0.1, 0.15) is 24.8 Å². The Labute approximate surface area is 463 Å². The van der Waals surface area contributed by atoms with E-state index in [1.54, 1.807) is 21.8 Å². The maximum atomic E-state index is 16.1. The van der Waals surface area contributed by atoms with E-state index in [9.17, 15) is 4.79 Å². The Kier molecular flexibility index (Phi) is 15.9. The molecule has 16 nitrogen and oxygen atoms in total. The molecule has 0 aliphatic carbocycles. The largest absolute Gasteiger partial charge is 0.445 e. The molecule has 8 heterocycles. The summed E-state index contributed by atoms with van der Waals surface area (Å²) in [5, 5.41) is 15.1. The smallest absolute Gasteiger partial charge is 0.407 e. The van der Waals surface area contributed by atoms with E-state index in [4.69, 9.17) is 59.0 Å². The standard InChI is InChI=1S/C35H41ClFN7O3Si.C20H23Cl2N5OSi/c1-42-18-26-27(41-42)12-11-24(31(26)36)25-19-43(21-46-14-15-48(2,3)4)34-33(25)38-17-30(40-34)44-23-10-13-29(44)32(37)28(16-23)39-35(45)47-20-22-8-6-5-7-9-22;1-26-10-15-16(25-26)6-5-13(18(15)22)14-11-27(12-28-7-8-29(2,3)4)20-19(14)23-9-17(21)24-20/h5-9,11-12,17-19,23,28-29,32H,10,13-16,20-21H2,1-4H3,(H,39,45);5-6,9-11H,7-8,12H2,1-4H3/t23-,28-,29+,32-;/m0./s1. The first kappa shape index (κ1) is 54.4. The normalized spacial score (nSPS) is 17.7. The molecule has 11 rings (SSSR count). The summed E-state index contributed by atoms with van der Waals surface area (Å²) < 4.78 is 41.0. The molecule has 2 aliphatic rings. The number of piperidine rings is 1. The fraction of sp³-hybridized carbons (Fsp3) is 0.400. The molecule has 4 atom stereocenters. The molecule has 0 unspecified atom stereocenters. The molecule has 2 aliphatic heterocycles. The molecule has 6 aromatic heterocycles. The Bertz CT molecular complexity index is 3600. The van der Waals surface area contributed by atoms with E-state index >= 15 is 4.39 Å². The van der Waals surface area contributed by atoms with Crippen molar-refractivity contribution in [2.45, 2.75) is 115 Å². The highest BCUT2D eigenvalue weighted by Crippen LogP contribution is 2.43. The lowest BCUT2D eigenvalue weighted by molar-refractivity contribution is 0.0898. The summed E-state index contributed by atoms with van der Waals surface area (Å²) in [5.41, 5.74) is 8.78. The quantitative estimate of drug-likeness (QED) is 0.0725. The summed E-state index contributed by atoms with van der Waals surface area (Å²) in [6.45, 7) is 16.2. The van der Waals surface area contributed by atoms with Crippen LogP contribution in [0.5, 0.6) is 0 Å². The van der Waals surface area contributed by atoms with Crippen LogP contribution in [0.3, 0.4) is 0 Å². The van der Waals surface area contributed by atoms with Gasteiger partial charge in [0.25, 0.3) is 0 Å². The Hall–Kier alpha value is -5.94. The second-order valence-electron chi connectivity index (χ2n) is 22.5. The summed E-state index contributed by atoms with van der Waals surface area (Å²) in [6, 6.07) is 18.4. The summed E-state index contributed by atoms with van der Waals surface area (Å²) >= 11 is 19.8. The molecule has 9 aromatic rings. The van der Waals surface area contributed by atoms with Crippen molar-refractivity contribution in [2.24, 2.45) is 14.1 Å². The van der Waals surface area contributed by atoms with Gasteiger partial charge in [-0.25, -0.2) is 29.1 Å². The number of aryl methyl sites for hydroxylation is 2. The maximum Gasteiger partial charge on any atom is 0.407 e. The van der Waals surface area contributed by atoms with Gasteiger partial charge in [0.1, 0.15) is 48.2 Å². The molecule has 1 N–H and O–H groups in total. The highest BCUT2D eigenvalue weighted by molar-refractivity contribution is 6.76. The van der Waals surface area contributed by atoms with E-state index in [0.717, 1.165) is 80.3 Å². The maximum absolute atomic E-state index is 16.1. The van der Waals surface area contributed by atoms with E-state index in [2.05, 4.69) is 69.7 Å². The van der Waals surface area contributed by atoms with Crippen LogP contribution >= 0.6 is 34.8 Å². The van der Waals surface area contributed by atoms with Gasteiger partial charge in [0.05, 0.1) is 45.6 Å². The zero-order valence-corrected chi connectivity index (χ0v) is 48.9. The van der Waals surface area contributed by atoms with Crippen LogP contribution in [-0.4, -0.2) is 108 Å². The number of nitrogens with zero attached hydrogens (tertiary/aromatic N) is 11. The van der Waals surface area contributed by atoms with Gasteiger partial charge in [0.2, 0.25) is 0 Å². The number of fused-ring (bicyclic) bond motifs is 6. The highest BCUT2D eigenvalue weighted by Gasteiger charge is 2.49. The van der Waals surface area contributed by atoms with Gasteiger partial charge < -0.3 is 33.6 Å². The van der Waals surface area contributed by atoms with Gasteiger partial charge in [-0.15, -0.1) is 0 Å². The van der Waals surface area contributed by atoms with Crippen LogP contribution in [0.4, 0.5) is 15.0 Å². The molecule has 2 fully saturated rings. The van der Waals surface area contributed by atoms with Gasteiger partial charge in [0, 0.05) is 107 Å². The Morgan fingerprint density at radius 1 is 0.701 bits per heavy atom. The Morgan fingerprint density at radius 3 is 1.81 bits per heavy atom. The Morgan fingerprint density at radius 2 is 1.25 bits per heavy atom. The first-order valence-electron chi connectivity index (χ1n) is 26.0. The number of amides is 1. The number of hydrogen-bond donors (Lipinski definition) is 1. The molecule has 2 bridgehead atoms. The number of alkyl carbamates (subject to hydrolysis) is 1. The molecule has 0 saturated carbocycles. The van der Waals surface area contributed by atoms with E-state index < -0.39 is 40.5 Å². The van der Waals surface area contributed by atoms with Crippen molar-refractivity contribution in [3.63, 3.8) is 0 Å². The van der Waals surface area contributed by atoms with E-state index in [1.807, 2.05) is 103 Å². The lowest BCUT2D eigenvalue weighted by atomic mass is 9.95. The molecule has 0 radical (unpaired) electrons. The molecule has 77 heavy (non-hydrogen) atoms. The predicted octanol–water partition coefficient (Wildman–Crippen LogP) is 12.9. The van der Waals surface area contributed by atoms with Crippen LogP contribution in [0.15, 0.2) is 91.8 Å². The SMILES string of the molecule is Cn1cc2c(Cl)c(-c3cn(COCC[Si](C)(C)C)c4nc(Cl)cnc34)ccc2n1.Cn1cc2c(Cl)c(-c3cn(COCC[Si](C)(C)C)c4nc(N5[C@H]6CC[C@@H]5[C@@H](F)[C@@H](NC(=O)OCc5ccccc5)C6)cnc34)ccc2n1. The monoisotopic (exact) mass is 1140 g/mol. The lowest BCUT2D eigenvalue weighted by Crippen LogP contribution is -2.58. The van der Waals surface area contributed by atoms with Crippen molar-refractivity contribution < 1.29 is 23.4 Å². The fourth-order valence-electron chi connectivity index (χ4n) is 10.2. The third-order valence-corrected chi connectivity index (χ3v) is 18.6. The lowest BCUT2D eigenvalue weighted by Gasteiger charge is -2.41. The van der Waals surface area contributed by atoms with Crippen LogP contribution in [0, 0.1) is 0 Å². The number of carbonyl (C=O) groups excluding carboxylic acids is 1. The molecule has 404 valence electrons. The van der Waals surface area contributed by atoms with Crippen LogP contribution in [0.25, 0.3) is 66.4 Å². The minimum Gasteiger partial charge on any atom is -0.445 e. The number of rotatable bonds is 16. The van der Waals surface area contributed by atoms with Crippen molar-refractivity contribution in [2.75, 3.05) is 18.1 Å². The number of aromatic nitrogens is 10. The van der Waals surface area contributed by atoms with Crippen molar-refractivity contribution in [3.8, 4) is 22.3 Å². The van der Waals surface area contributed by atoms with Gasteiger partial charge in [-0.05, 0) is 49.0 Å². The zero-order chi connectivity index (χ0) is 54.3. The molecular weight excluding hydrogens is 1070 g/mol. The van der Waals surface area contributed by atoms with Gasteiger partial charge in [-0.3, -0.25) is 9.36 Å². The molecular formula is C55H64Cl3FN12O4Si2. The third kappa shape index (κ3) is 12.1. The van der Waals surface area contributed by atoms with Crippen LogP contribution < -0.4 is 10.2 Å². The molecule has 0 spiro atoms. The van der Waals surface area contributed by atoms with Crippen molar-refractivity contribution in [1.82, 2.24) is 53.9 Å². The number of benzene rings is 3. The number of ether oxygens (including phenoxy) is 3. The van der Waals surface area contributed by atoms with E-state index in [1.165, 1.54) is 0 Å². The van der Waals surface area contributed by atoms with Crippen molar-refractivity contribution in [3.05, 3.63) is 113 Å². The molecule has 1 amide bonds. The minimum absolute atomic E-state index is 0.00600.